The predicted molar refractivity (Wildman–Crippen MR) is 125 cm³/mol. The molecule has 1 aliphatic rings. The summed E-state index contributed by atoms with van der Waals surface area (Å²) >= 11 is 6.19. The molecule has 0 fully saturated rings. The zero-order valence-corrected chi connectivity index (χ0v) is 17.6. The number of rotatable bonds is 2. The average molecular weight is 427 g/mol. The molecule has 4 aromatic rings. The van der Waals surface area contributed by atoms with E-state index < -0.39 is 0 Å². The Morgan fingerprint density at radius 1 is 1.00 bits per heavy atom. The standard InChI is InChI=1S/C26H19ClN2O2/c1-17(30)29-15-21-12-19(23-4-2-3-5-24(23)26-14-28-16-31-26)8-6-18(21)7-9-20-13-22(27)10-11-25(20)29/h2-14,16H,15H2,1H3. The fraction of sp³-hybridized carbons (Fsp3) is 0.0769. The summed E-state index contributed by atoms with van der Waals surface area (Å²) in [6.45, 7) is 2.06. The molecule has 2 heterocycles. The maximum Gasteiger partial charge on any atom is 0.224 e. The number of benzene rings is 3. The number of fused-ring (bicyclic) bond motifs is 2. The van der Waals surface area contributed by atoms with Crippen LogP contribution < -0.4 is 4.90 Å². The minimum atomic E-state index is -0.0164. The van der Waals surface area contributed by atoms with E-state index in [1.807, 2.05) is 42.5 Å². The third kappa shape index (κ3) is 3.66. The summed E-state index contributed by atoms with van der Waals surface area (Å²) in [6, 6.07) is 20.0. The molecule has 1 aromatic heterocycles. The maximum atomic E-state index is 12.5. The van der Waals surface area contributed by atoms with Gasteiger partial charge in [-0.2, -0.15) is 0 Å². The highest BCUT2D eigenvalue weighted by Gasteiger charge is 2.20. The third-order valence-corrected chi connectivity index (χ3v) is 5.75. The number of halogens is 1. The molecule has 1 amide bonds. The Morgan fingerprint density at radius 3 is 2.58 bits per heavy atom. The third-order valence-electron chi connectivity index (χ3n) is 5.51. The molecule has 1 aliphatic heterocycles. The summed E-state index contributed by atoms with van der Waals surface area (Å²) in [5.74, 6) is 0.704. The Labute approximate surface area is 185 Å². The monoisotopic (exact) mass is 426 g/mol. The molecule has 0 radical (unpaired) electrons. The summed E-state index contributed by atoms with van der Waals surface area (Å²) in [5, 5.41) is 0.645. The molecule has 0 saturated heterocycles. The summed E-state index contributed by atoms with van der Waals surface area (Å²) in [4.78, 5) is 18.4. The van der Waals surface area contributed by atoms with Gasteiger partial charge in [0.2, 0.25) is 5.91 Å². The highest BCUT2D eigenvalue weighted by atomic mass is 35.5. The molecule has 3 aromatic carbocycles. The first kappa shape index (κ1) is 19.3. The smallest absolute Gasteiger partial charge is 0.224 e. The van der Waals surface area contributed by atoms with Crippen molar-refractivity contribution in [2.24, 2.45) is 0 Å². The van der Waals surface area contributed by atoms with Gasteiger partial charge in [-0.1, -0.05) is 60.2 Å². The Kier molecular flexibility index (Phi) is 4.92. The van der Waals surface area contributed by atoms with Crippen LogP contribution in [0.4, 0.5) is 5.69 Å². The maximum absolute atomic E-state index is 12.5. The summed E-state index contributed by atoms with van der Waals surface area (Å²) in [5.41, 5.74) is 6.99. The van der Waals surface area contributed by atoms with Crippen molar-refractivity contribution < 1.29 is 9.21 Å². The molecule has 152 valence electrons. The highest BCUT2D eigenvalue weighted by molar-refractivity contribution is 6.30. The molecule has 0 bridgehead atoms. The van der Waals surface area contributed by atoms with Gasteiger partial charge in [0.1, 0.15) is 0 Å². The lowest BCUT2D eigenvalue weighted by Gasteiger charge is -2.26. The summed E-state index contributed by atoms with van der Waals surface area (Å²) in [7, 11) is 0. The first-order valence-corrected chi connectivity index (χ1v) is 10.3. The number of carbonyl (C=O) groups excluding carboxylic acids is 1. The topological polar surface area (TPSA) is 46.3 Å². The van der Waals surface area contributed by atoms with Crippen molar-refractivity contribution in [3.05, 3.63) is 95.0 Å². The second-order valence-corrected chi connectivity index (χ2v) is 7.90. The van der Waals surface area contributed by atoms with Gasteiger partial charge in [0.15, 0.2) is 12.2 Å². The van der Waals surface area contributed by atoms with Gasteiger partial charge in [-0.15, -0.1) is 0 Å². The van der Waals surface area contributed by atoms with Crippen LogP contribution in [0.2, 0.25) is 5.02 Å². The van der Waals surface area contributed by atoms with Gasteiger partial charge < -0.3 is 9.32 Å². The number of carbonyl (C=O) groups is 1. The van der Waals surface area contributed by atoms with Gasteiger partial charge in [0, 0.05) is 17.5 Å². The first-order valence-electron chi connectivity index (χ1n) is 9.97. The fourth-order valence-corrected chi connectivity index (χ4v) is 4.17. The lowest BCUT2D eigenvalue weighted by Crippen LogP contribution is -2.29. The molecular formula is C26H19ClN2O2. The fourth-order valence-electron chi connectivity index (χ4n) is 3.99. The van der Waals surface area contributed by atoms with Crippen molar-refractivity contribution in [3.8, 4) is 22.5 Å². The van der Waals surface area contributed by atoms with E-state index in [0.29, 0.717) is 11.6 Å². The van der Waals surface area contributed by atoms with E-state index in [1.165, 1.54) is 6.39 Å². The van der Waals surface area contributed by atoms with Crippen LogP contribution in [0.15, 0.2) is 77.7 Å². The van der Waals surface area contributed by atoms with Gasteiger partial charge in [-0.25, -0.2) is 4.98 Å². The van der Waals surface area contributed by atoms with Gasteiger partial charge in [-0.3, -0.25) is 4.79 Å². The van der Waals surface area contributed by atoms with Crippen LogP contribution >= 0.6 is 11.6 Å². The molecule has 0 spiro atoms. The number of nitrogens with zero attached hydrogens (tertiary/aromatic N) is 2. The van der Waals surface area contributed by atoms with E-state index in [0.717, 1.165) is 44.8 Å². The SMILES string of the molecule is CC(=O)N1Cc2cc(-c3ccccc3-c3cnco3)ccc2C=Cc2cc(Cl)ccc21. The molecule has 0 unspecified atom stereocenters. The molecule has 0 saturated carbocycles. The van der Waals surface area contributed by atoms with Crippen molar-refractivity contribution >= 4 is 35.3 Å². The number of amides is 1. The number of oxazole rings is 1. The molecule has 0 N–H and O–H groups in total. The number of aromatic nitrogens is 1. The van der Waals surface area contributed by atoms with Crippen molar-refractivity contribution in [3.63, 3.8) is 0 Å². The Bertz CT molecular complexity index is 1310. The van der Waals surface area contributed by atoms with Gasteiger partial charge in [-0.05, 0) is 52.1 Å². The van der Waals surface area contributed by atoms with Crippen molar-refractivity contribution in [1.29, 1.82) is 0 Å². The largest absolute Gasteiger partial charge is 0.443 e. The lowest BCUT2D eigenvalue weighted by molar-refractivity contribution is -0.116. The van der Waals surface area contributed by atoms with Crippen LogP contribution in [0, 0.1) is 0 Å². The van der Waals surface area contributed by atoms with Crippen molar-refractivity contribution in [2.75, 3.05) is 4.90 Å². The van der Waals surface area contributed by atoms with Crippen molar-refractivity contribution in [1.82, 2.24) is 4.98 Å². The quantitative estimate of drug-likeness (QED) is 0.358. The van der Waals surface area contributed by atoms with Crippen molar-refractivity contribution in [2.45, 2.75) is 13.5 Å². The van der Waals surface area contributed by atoms with Gasteiger partial charge in [0.05, 0.1) is 18.4 Å². The molecular weight excluding hydrogens is 408 g/mol. The number of hydrogen-bond donors (Lipinski definition) is 0. The van der Waals surface area contributed by atoms with E-state index in [4.69, 9.17) is 16.0 Å². The van der Waals surface area contributed by atoms with Crippen LogP contribution in [0.3, 0.4) is 0 Å². The average Bonchev–Trinajstić information content (AvgIpc) is 3.30. The molecule has 0 atom stereocenters. The van der Waals surface area contributed by atoms with E-state index in [1.54, 1.807) is 18.0 Å². The predicted octanol–water partition coefficient (Wildman–Crippen LogP) is 6.70. The molecule has 5 heteroatoms. The summed E-state index contributed by atoms with van der Waals surface area (Å²) in [6.07, 6.45) is 7.24. The van der Waals surface area contributed by atoms with Crippen LogP contribution in [-0.2, 0) is 11.3 Å². The zero-order valence-electron chi connectivity index (χ0n) is 16.9. The van der Waals surface area contributed by atoms with E-state index in [-0.39, 0.29) is 5.91 Å². The van der Waals surface area contributed by atoms with Crippen LogP contribution in [-0.4, -0.2) is 10.9 Å². The second kappa shape index (κ2) is 7.89. The van der Waals surface area contributed by atoms with Crippen LogP contribution in [0.25, 0.3) is 34.6 Å². The molecule has 5 rings (SSSR count). The van der Waals surface area contributed by atoms with Crippen LogP contribution in [0.5, 0.6) is 0 Å². The molecule has 4 nitrogen and oxygen atoms in total. The molecule has 31 heavy (non-hydrogen) atoms. The minimum Gasteiger partial charge on any atom is -0.443 e. The summed E-state index contributed by atoms with van der Waals surface area (Å²) < 4.78 is 5.54. The minimum absolute atomic E-state index is 0.0164. The van der Waals surface area contributed by atoms with E-state index >= 15 is 0 Å². The Hall–Kier alpha value is -3.63. The van der Waals surface area contributed by atoms with E-state index in [9.17, 15) is 4.79 Å². The first-order chi connectivity index (χ1) is 15.1. The van der Waals surface area contributed by atoms with Gasteiger partial charge in [0.25, 0.3) is 0 Å². The zero-order chi connectivity index (χ0) is 21.4. The van der Waals surface area contributed by atoms with Crippen LogP contribution in [0.1, 0.15) is 23.6 Å². The number of anilines is 1. The Balaban J connectivity index is 1.63. The number of hydrogen-bond acceptors (Lipinski definition) is 3. The Morgan fingerprint density at radius 2 is 1.81 bits per heavy atom. The second-order valence-electron chi connectivity index (χ2n) is 7.47. The normalized spacial score (nSPS) is 12.6. The highest BCUT2D eigenvalue weighted by Crippen LogP contribution is 2.35. The lowest BCUT2D eigenvalue weighted by atomic mass is 9.93. The van der Waals surface area contributed by atoms with E-state index in [2.05, 4.69) is 35.3 Å². The molecule has 0 aliphatic carbocycles. The van der Waals surface area contributed by atoms with Gasteiger partial charge >= 0.3 is 0 Å².